The third-order valence-corrected chi connectivity index (χ3v) is 6.04. The Hall–Kier alpha value is -3.62. The van der Waals surface area contributed by atoms with Gasteiger partial charge >= 0.3 is 12.0 Å². The molecule has 5 rings (SSSR count). The van der Waals surface area contributed by atoms with Crippen molar-refractivity contribution in [1.82, 2.24) is 14.9 Å². The Morgan fingerprint density at radius 1 is 1.24 bits per heavy atom. The second-order valence-electron chi connectivity index (χ2n) is 8.33. The molecule has 0 bridgehead atoms. The number of halogens is 1. The monoisotopic (exact) mass is 452 g/mol. The van der Waals surface area contributed by atoms with E-state index in [1.54, 1.807) is 43.1 Å². The number of ether oxygens (including phenoxy) is 2. The summed E-state index contributed by atoms with van der Waals surface area (Å²) < 4.78 is 28.1. The molecule has 1 aliphatic heterocycles. The number of rotatable bonds is 5. The maximum absolute atomic E-state index is 15.5. The number of carbonyl (C=O) groups is 2. The van der Waals surface area contributed by atoms with Crippen LogP contribution in [0.4, 0.5) is 14.9 Å². The predicted octanol–water partition coefficient (Wildman–Crippen LogP) is 4.38. The second-order valence-corrected chi connectivity index (χ2v) is 8.33. The highest BCUT2D eigenvalue weighted by Gasteiger charge is 2.31. The van der Waals surface area contributed by atoms with Crippen LogP contribution < -0.4 is 15.0 Å². The van der Waals surface area contributed by atoms with E-state index in [4.69, 9.17) is 9.47 Å². The number of fused-ring (bicyclic) bond motifs is 2. The summed E-state index contributed by atoms with van der Waals surface area (Å²) in [6.07, 6.45) is 6.28. The van der Waals surface area contributed by atoms with Gasteiger partial charge in [-0.2, -0.15) is 5.10 Å². The van der Waals surface area contributed by atoms with Gasteiger partial charge in [0.05, 0.1) is 24.1 Å². The van der Waals surface area contributed by atoms with Crippen LogP contribution >= 0.6 is 0 Å². The molecular weight excluding hydrogens is 427 g/mol. The van der Waals surface area contributed by atoms with Crippen molar-refractivity contribution in [2.75, 3.05) is 18.1 Å². The van der Waals surface area contributed by atoms with Crippen LogP contribution in [0.1, 0.15) is 47.7 Å². The van der Waals surface area contributed by atoms with Gasteiger partial charge in [-0.15, -0.1) is 0 Å². The van der Waals surface area contributed by atoms with Gasteiger partial charge in [0.25, 0.3) is 0 Å². The number of aromatic nitrogens is 2. The maximum atomic E-state index is 15.5. The quantitative estimate of drug-likeness (QED) is 0.581. The SMILES string of the molecule is CCOC(=O)c1cn2nccc(Oc3ccc4c(c3F)CCCN4C(=O)NC3CC3)c2c1C. The van der Waals surface area contributed by atoms with E-state index in [1.807, 2.05) is 0 Å². The number of hydrogen-bond donors (Lipinski definition) is 1. The van der Waals surface area contributed by atoms with Crippen LogP contribution in [0.3, 0.4) is 0 Å². The molecule has 1 fully saturated rings. The minimum atomic E-state index is -0.485. The van der Waals surface area contributed by atoms with Crippen molar-refractivity contribution in [2.24, 2.45) is 0 Å². The van der Waals surface area contributed by atoms with Gasteiger partial charge in [0, 0.05) is 30.4 Å². The average molecular weight is 452 g/mol. The topological polar surface area (TPSA) is 85.2 Å². The highest BCUT2D eigenvalue weighted by Crippen LogP contribution is 2.38. The Morgan fingerprint density at radius 2 is 2.06 bits per heavy atom. The fourth-order valence-corrected chi connectivity index (χ4v) is 4.22. The van der Waals surface area contributed by atoms with Crippen molar-refractivity contribution in [3.8, 4) is 11.5 Å². The van der Waals surface area contributed by atoms with Crippen LogP contribution in [0.15, 0.2) is 30.6 Å². The number of urea groups is 1. The molecule has 1 aliphatic carbocycles. The van der Waals surface area contributed by atoms with Gasteiger partial charge in [-0.05, 0) is 57.2 Å². The Morgan fingerprint density at radius 3 is 2.82 bits per heavy atom. The van der Waals surface area contributed by atoms with Gasteiger partial charge in [0.1, 0.15) is 5.52 Å². The lowest BCUT2D eigenvalue weighted by Crippen LogP contribution is -2.43. The molecule has 0 unspecified atom stereocenters. The Bertz CT molecular complexity index is 1250. The molecule has 1 aromatic carbocycles. The molecule has 2 aliphatic rings. The van der Waals surface area contributed by atoms with Crippen molar-refractivity contribution in [1.29, 1.82) is 0 Å². The van der Waals surface area contributed by atoms with Crippen molar-refractivity contribution in [3.05, 3.63) is 53.1 Å². The van der Waals surface area contributed by atoms with Crippen LogP contribution in [0.5, 0.6) is 11.5 Å². The molecule has 3 aromatic rings. The number of anilines is 1. The van der Waals surface area contributed by atoms with E-state index in [0.29, 0.717) is 53.0 Å². The highest BCUT2D eigenvalue weighted by molar-refractivity contribution is 5.95. The molecular formula is C24H25FN4O4. The van der Waals surface area contributed by atoms with E-state index in [-0.39, 0.29) is 24.4 Å². The minimum Gasteiger partial charge on any atom is -0.462 e. The fraction of sp³-hybridized carbons (Fsp3) is 0.375. The first kappa shape index (κ1) is 21.2. The van der Waals surface area contributed by atoms with Crippen LogP contribution in [0.25, 0.3) is 5.52 Å². The molecule has 9 heteroatoms. The predicted molar refractivity (Wildman–Crippen MR) is 120 cm³/mol. The number of amides is 2. The highest BCUT2D eigenvalue weighted by atomic mass is 19.1. The summed E-state index contributed by atoms with van der Waals surface area (Å²) in [5, 5.41) is 7.21. The first-order valence-electron chi connectivity index (χ1n) is 11.2. The van der Waals surface area contributed by atoms with E-state index in [2.05, 4.69) is 10.4 Å². The minimum absolute atomic E-state index is 0.0598. The van der Waals surface area contributed by atoms with E-state index >= 15 is 4.39 Å². The molecule has 2 aromatic heterocycles. The largest absolute Gasteiger partial charge is 0.462 e. The summed E-state index contributed by atoms with van der Waals surface area (Å²) in [6, 6.07) is 4.95. The van der Waals surface area contributed by atoms with E-state index in [1.165, 1.54) is 10.7 Å². The van der Waals surface area contributed by atoms with E-state index < -0.39 is 11.8 Å². The van der Waals surface area contributed by atoms with Crippen molar-refractivity contribution in [2.45, 2.75) is 45.6 Å². The number of esters is 1. The number of nitrogens with one attached hydrogen (secondary N) is 1. The average Bonchev–Trinajstić information content (AvgIpc) is 3.56. The Balaban J connectivity index is 1.48. The molecule has 1 N–H and O–H groups in total. The molecule has 1 saturated carbocycles. The lowest BCUT2D eigenvalue weighted by Gasteiger charge is -2.30. The van der Waals surface area contributed by atoms with Crippen LogP contribution in [-0.4, -0.2) is 40.8 Å². The van der Waals surface area contributed by atoms with E-state index in [9.17, 15) is 9.59 Å². The zero-order valence-corrected chi connectivity index (χ0v) is 18.6. The maximum Gasteiger partial charge on any atom is 0.340 e. The Kier molecular flexibility index (Phi) is 5.39. The molecule has 3 heterocycles. The van der Waals surface area contributed by atoms with Gasteiger partial charge in [0.15, 0.2) is 17.3 Å². The molecule has 8 nitrogen and oxygen atoms in total. The fourth-order valence-electron chi connectivity index (χ4n) is 4.22. The van der Waals surface area contributed by atoms with Gasteiger partial charge < -0.3 is 14.8 Å². The number of hydrogen-bond acceptors (Lipinski definition) is 5. The van der Waals surface area contributed by atoms with Crippen molar-refractivity contribution >= 4 is 23.2 Å². The third kappa shape index (κ3) is 3.88. The number of nitrogens with zero attached hydrogens (tertiary/aromatic N) is 3. The van der Waals surface area contributed by atoms with Crippen molar-refractivity contribution < 1.29 is 23.5 Å². The molecule has 0 atom stereocenters. The molecule has 0 spiro atoms. The summed E-state index contributed by atoms with van der Waals surface area (Å²) in [6.45, 7) is 4.33. The van der Waals surface area contributed by atoms with Gasteiger partial charge in [0.2, 0.25) is 0 Å². The van der Waals surface area contributed by atoms with E-state index in [0.717, 1.165) is 12.8 Å². The van der Waals surface area contributed by atoms with Gasteiger partial charge in [-0.25, -0.2) is 18.5 Å². The standard InChI is InChI=1S/C24H25FN4O4/c1-3-32-23(30)17-13-29-22(14(17)2)20(10-11-26-29)33-19-9-8-18-16(21(19)25)5-4-12-28(18)24(31)27-15-6-7-15/h8-11,13,15H,3-7,12H2,1-2H3,(H,27,31). The summed E-state index contributed by atoms with van der Waals surface area (Å²) in [5.74, 6) is -0.502. The van der Waals surface area contributed by atoms with Gasteiger partial charge in [-0.1, -0.05) is 0 Å². The second kappa shape index (κ2) is 8.38. The molecule has 33 heavy (non-hydrogen) atoms. The zero-order valence-electron chi connectivity index (χ0n) is 18.6. The molecule has 2 amide bonds. The lowest BCUT2D eigenvalue weighted by atomic mass is 10.0. The summed E-state index contributed by atoms with van der Waals surface area (Å²) >= 11 is 0. The first-order valence-corrected chi connectivity index (χ1v) is 11.2. The lowest BCUT2D eigenvalue weighted by molar-refractivity contribution is 0.0525. The van der Waals surface area contributed by atoms with Crippen molar-refractivity contribution in [3.63, 3.8) is 0 Å². The first-order chi connectivity index (χ1) is 16.0. The summed E-state index contributed by atoms with van der Waals surface area (Å²) in [7, 11) is 0. The summed E-state index contributed by atoms with van der Waals surface area (Å²) in [5.41, 5.74) is 2.62. The van der Waals surface area contributed by atoms with Crippen LogP contribution in [0, 0.1) is 12.7 Å². The number of aryl methyl sites for hydroxylation is 1. The van der Waals surface area contributed by atoms with Gasteiger partial charge in [-0.3, -0.25) is 4.90 Å². The zero-order chi connectivity index (χ0) is 23.1. The number of carbonyl (C=O) groups excluding carboxylic acids is 2. The Labute approximate surface area is 190 Å². The van der Waals surface area contributed by atoms with Crippen LogP contribution in [0.2, 0.25) is 0 Å². The molecule has 0 radical (unpaired) electrons. The summed E-state index contributed by atoms with van der Waals surface area (Å²) in [4.78, 5) is 26.5. The smallest absolute Gasteiger partial charge is 0.340 e. The third-order valence-electron chi connectivity index (χ3n) is 6.04. The molecule has 172 valence electrons. The van der Waals surface area contributed by atoms with Crippen LogP contribution in [-0.2, 0) is 11.2 Å². The normalized spacial score (nSPS) is 15.3. The number of benzene rings is 1. The molecule has 0 saturated heterocycles.